The van der Waals surface area contributed by atoms with E-state index in [2.05, 4.69) is 24.2 Å². The molecule has 0 unspecified atom stereocenters. The largest absolute Gasteiger partial charge is 0.399 e. The van der Waals surface area contributed by atoms with Crippen molar-refractivity contribution in [1.29, 1.82) is 0 Å². The summed E-state index contributed by atoms with van der Waals surface area (Å²) in [4.78, 5) is 0. The number of hydrogen-bond donors (Lipinski definition) is 2. The highest BCUT2D eigenvalue weighted by atomic mass is 15.3. The van der Waals surface area contributed by atoms with Gasteiger partial charge in [0.15, 0.2) is 0 Å². The van der Waals surface area contributed by atoms with E-state index in [-0.39, 0.29) is 0 Å². The van der Waals surface area contributed by atoms with Crippen molar-refractivity contribution in [2.75, 3.05) is 11.5 Å². The molecule has 0 saturated carbocycles. The van der Waals surface area contributed by atoms with Gasteiger partial charge in [-0.2, -0.15) is 5.10 Å². The van der Waals surface area contributed by atoms with Crippen LogP contribution in [-0.2, 0) is 0 Å². The molecular weight excluding hydrogens is 248 g/mol. The molecule has 1 heterocycles. The zero-order valence-electron chi connectivity index (χ0n) is 11.2. The van der Waals surface area contributed by atoms with Crippen LogP contribution >= 0.6 is 0 Å². The maximum Gasteiger partial charge on any atom is 0.127 e. The molecular formula is C16H16N4. The summed E-state index contributed by atoms with van der Waals surface area (Å²) in [5, 5.41) is 4.56. The van der Waals surface area contributed by atoms with Gasteiger partial charge < -0.3 is 11.5 Å². The first kappa shape index (κ1) is 12.3. The Balaban J connectivity index is 2.05. The first-order valence-corrected chi connectivity index (χ1v) is 6.42. The molecule has 100 valence electrons. The van der Waals surface area contributed by atoms with Gasteiger partial charge in [-0.3, -0.25) is 0 Å². The summed E-state index contributed by atoms with van der Waals surface area (Å²) in [7, 11) is 0. The monoisotopic (exact) mass is 264 g/mol. The van der Waals surface area contributed by atoms with Crippen LogP contribution < -0.4 is 11.5 Å². The van der Waals surface area contributed by atoms with Gasteiger partial charge in [-0.05, 0) is 25.1 Å². The van der Waals surface area contributed by atoms with Crippen LogP contribution in [0.3, 0.4) is 0 Å². The standard InChI is InChI=1S/C16H16N4/c1-11-5-7-12(8-6-11)15-10-16(18)20(19-15)14-4-2-3-13(17)9-14/h2-10H,17-18H2,1H3. The highest BCUT2D eigenvalue weighted by molar-refractivity contribution is 5.64. The number of benzene rings is 2. The van der Waals surface area contributed by atoms with Crippen molar-refractivity contribution in [2.24, 2.45) is 0 Å². The number of aryl methyl sites for hydroxylation is 1. The van der Waals surface area contributed by atoms with Crippen molar-refractivity contribution < 1.29 is 0 Å². The van der Waals surface area contributed by atoms with Crippen molar-refractivity contribution in [3.05, 3.63) is 60.2 Å². The molecule has 0 aliphatic heterocycles. The van der Waals surface area contributed by atoms with Gasteiger partial charge in [0.1, 0.15) is 5.82 Å². The summed E-state index contributed by atoms with van der Waals surface area (Å²) in [6.07, 6.45) is 0. The summed E-state index contributed by atoms with van der Waals surface area (Å²) in [6.45, 7) is 2.06. The lowest BCUT2D eigenvalue weighted by atomic mass is 10.1. The van der Waals surface area contributed by atoms with E-state index in [0.717, 1.165) is 16.9 Å². The molecule has 3 rings (SSSR count). The molecule has 0 saturated heterocycles. The SMILES string of the molecule is Cc1ccc(-c2cc(N)n(-c3cccc(N)c3)n2)cc1. The minimum atomic E-state index is 0.589. The Hall–Kier alpha value is -2.75. The second-order valence-corrected chi connectivity index (χ2v) is 4.83. The third-order valence-electron chi connectivity index (χ3n) is 3.20. The quantitative estimate of drug-likeness (QED) is 0.699. The Kier molecular flexibility index (Phi) is 2.91. The van der Waals surface area contributed by atoms with Crippen LogP contribution in [0.4, 0.5) is 11.5 Å². The van der Waals surface area contributed by atoms with Crippen molar-refractivity contribution in [1.82, 2.24) is 9.78 Å². The maximum atomic E-state index is 6.05. The average Bonchev–Trinajstić information content (AvgIpc) is 2.82. The minimum absolute atomic E-state index is 0.589. The van der Waals surface area contributed by atoms with Gasteiger partial charge in [0.25, 0.3) is 0 Å². The molecule has 1 aromatic heterocycles. The lowest BCUT2D eigenvalue weighted by Crippen LogP contribution is -2.02. The highest BCUT2D eigenvalue weighted by Crippen LogP contribution is 2.23. The van der Waals surface area contributed by atoms with Gasteiger partial charge in [0.2, 0.25) is 0 Å². The summed E-state index contributed by atoms with van der Waals surface area (Å²) in [5.41, 5.74) is 16.5. The third-order valence-corrected chi connectivity index (χ3v) is 3.20. The Bertz CT molecular complexity index is 741. The molecule has 2 aromatic carbocycles. The first-order valence-electron chi connectivity index (χ1n) is 6.42. The van der Waals surface area contributed by atoms with Gasteiger partial charge in [-0.15, -0.1) is 0 Å². The van der Waals surface area contributed by atoms with E-state index in [0.29, 0.717) is 11.5 Å². The molecule has 0 aliphatic carbocycles. The third kappa shape index (κ3) is 2.23. The fourth-order valence-electron chi connectivity index (χ4n) is 2.12. The fourth-order valence-corrected chi connectivity index (χ4v) is 2.12. The normalized spacial score (nSPS) is 10.7. The van der Waals surface area contributed by atoms with Gasteiger partial charge in [0.05, 0.1) is 11.4 Å². The van der Waals surface area contributed by atoms with Crippen LogP contribution in [0.1, 0.15) is 5.56 Å². The molecule has 0 bridgehead atoms. The van der Waals surface area contributed by atoms with Gasteiger partial charge in [0, 0.05) is 17.3 Å². The number of hydrogen-bond acceptors (Lipinski definition) is 3. The number of nitrogens with zero attached hydrogens (tertiary/aromatic N) is 2. The summed E-state index contributed by atoms with van der Waals surface area (Å²) in [6, 6.07) is 17.6. The number of anilines is 2. The molecule has 0 spiro atoms. The second kappa shape index (κ2) is 4.74. The Labute approximate surface area is 117 Å². The van der Waals surface area contributed by atoms with Gasteiger partial charge in [-0.25, -0.2) is 4.68 Å². The lowest BCUT2D eigenvalue weighted by Gasteiger charge is -2.04. The molecule has 0 amide bonds. The average molecular weight is 264 g/mol. The Morgan fingerprint density at radius 2 is 1.70 bits per heavy atom. The Morgan fingerprint density at radius 3 is 2.40 bits per heavy atom. The topological polar surface area (TPSA) is 69.9 Å². The number of nitrogen functional groups attached to an aromatic ring is 2. The van der Waals surface area contributed by atoms with Crippen LogP contribution in [0.25, 0.3) is 16.9 Å². The number of rotatable bonds is 2. The Morgan fingerprint density at radius 1 is 0.950 bits per heavy atom. The summed E-state index contributed by atoms with van der Waals surface area (Å²) in [5.74, 6) is 0.589. The van der Waals surface area contributed by atoms with E-state index >= 15 is 0 Å². The van der Waals surface area contributed by atoms with E-state index < -0.39 is 0 Å². The molecule has 4 nitrogen and oxygen atoms in total. The molecule has 0 aliphatic rings. The lowest BCUT2D eigenvalue weighted by molar-refractivity contribution is 0.895. The molecule has 4 heteroatoms. The summed E-state index contributed by atoms with van der Waals surface area (Å²) >= 11 is 0. The van der Waals surface area contributed by atoms with E-state index in [9.17, 15) is 0 Å². The van der Waals surface area contributed by atoms with Crippen LogP contribution in [-0.4, -0.2) is 9.78 Å². The highest BCUT2D eigenvalue weighted by Gasteiger charge is 2.08. The zero-order chi connectivity index (χ0) is 14.1. The molecule has 0 fully saturated rings. The van der Waals surface area contributed by atoms with Crippen LogP contribution in [0.2, 0.25) is 0 Å². The smallest absolute Gasteiger partial charge is 0.127 e. The van der Waals surface area contributed by atoms with Crippen molar-refractivity contribution >= 4 is 11.5 Å². The van der Waals surface area contributed by atoms with Crippen LogP contribution in [0, 0.1) is 6.92 Å². The van der Waals surface area contributed by atoms with Gasteiger partial charge in [-0.1, -0.05) is 35.9 Å². The van der Waals surface area contributed by atoms with Crippen molar-refractivity contribution in [3.8, 4) is 16.9 Å². The van der Waals surface area contributed by atoms with Crippen LogP contribution in [0.15, 0.2) is 54.6 Å². The minimum Gasteiger partial charge on any atom is -0.399 e. The van der Waals surface area contributed by atoms with Crippen molar-refractivity contribution in [3.63, 3.8) is 0 Å². The molecule has 20 heavy (non-hydrogen) atoms. The van der Waals surface area contributed by atoms with E-state index in [1.54, 1.807) is 4.68 Å². The summed E-state index contributed by atoms with van der Waals surface area (Å²) < 4.78 is 1.70. The van der Waals surface area contributed by atoms with E-state index in [1.165, 1.54) is 5.56 Å². The van der Waals surface area contributed by atoms with E-state index in [4.69, 9.17) is 11.5 Å². The van der Waals surface area contributed by atoms with Crippen LogP contribution in [0.5, 0.6) is 0 Å². The van der Waals surface area contributed by atoms with Crippen molar-refractivity contribution in [2.45, 2.75) is 6.92 Å². The maximum absolute atomic E-state index is 6.05. The number of nitrogens with two attached hydrogens (primary N) is 2. The molecule has 0 atom stereocenters. The first-order chi connectivity index (χ1) is 9.63. The van der Waals surface area contributed by atoms with E-state index in [1.807, 2.05) is 42.5 Å². The second-order valence-electron chi connectivity index (χ2n) is 4.83. The molecule has 0 radical (unpaired) electrons. The predicted molar refractivity (Wildman–Crippen MR) is 82.6 cm³/mol. The van der Waals surface area contributed by atoms with Gasteiger partial charge >= 0.3 is 0 Å². The molecule has 4 N–H and O–H groups in total. The molecule has 3 aromatic rings. The zero-order valence-corrected chi connectivity index (χ0v) is 11.2. The number of aromatic nitrogens is 2. The fraction of sp³-hybridized carbons (Fsp3) is 0.0625. The predicted octanol–water partition coefficient (Wildman–Crippen LogP) is 3.01.